The standard InChI is InChI=1S/C11H14ClN3O2/c1-6-3-4-8(5-9(6)12)15-10(16)7(2)14-11(13)17/h3-5,7H,1-2H3,(H,15,16)(H3,13,14,17). The van der Waals surface area contributed by atoms with Crippen LogP contribution in [0.5, 0.6) is 0 Å². The zero-order valence-electron chi connectivity index (χ0n) is 9.58. The molecule has 0 aliphatic rings. The van der Waals surface area contributed by atoms with Gasteiger partial charge in [-0.1, -0.05) is 17.7 Å². The maximum Gasteiger partial charge on any atom is 0.312 e. The summed E-state index contributed by atoms with van der Waals surface area (Å²) in [6.07, 6.45) is 0. The van der Waals surface area contributed by atoms with Gasteiger partial charge in [0.2, 0.25) is 5.91 Å². The first-order chi connectivity index (χ1) is 7.90. The van der Waals surface area contributed by atoms with E-state index in [1.54, 1.807) is 18.2 Å². The van der Waals surface area contributed by atoms with E-state index in [1.165, 1.54) is 6.92 Å². The molecule has 1 aromatic carbocycles. The van der Waals surface area contributed by atoms with Gasteiger partial charge < -0.3 is 16.4 Å². The maximum absolute atomic E-state index is 11.6. The van der Waals surface area contributed by atoms with Crippen LogP contribution >= 0.6 is 11.6 Å². The van der Waals surface area contributed by atoms with E-state index in [0.717, 1.165) is 5.56 Å². The van der Waals surface area contributed by atoms with Crippen LogP contribution in [0, 0.1) is 6.92 Å². The lowest BCUT2D eigenvalue weighted by molar-refractivity contribution is -0.117. The molecule has 1 aromatic rings. The third kappa shape index (κ3) is 3.96. The Balaban J connectivity index is 2.67. The van der Waals surface area contributed by atoms with E-state index < -0.39 is 12.1 Å². The molecular weight excluding hydrogens is 242 g/mol. The van der Waals surface area contributed by atoms with E-state index in [-0.39, 0.29) is 5.91 Å². The number of carbonyl (C=O) groups excluding carboxylic acids is 2. The number of primary amides is 1. The summed E-state index contributed by atoms with van der Waals surface area (Å²) in [6.45, 7) is 3.40. The van der Waals surface area contributed by atoms with Gasteiger partial charge in [0.05, 0.1) is 0 Å². The molecule has 5 nitrogen and oxygen atoms in total. The van der Waals surface area contributed by atoms with Gasteiger partial charge in [0.1, 0.15) is 6.04 Å². The number of carbonyl (C=O) groups is 2. The van der Waals surface area contributed by atoms with Gasteiger partial charge in [0, 0.05) is 10.7 Å². The van der Waals surface area contributed by atoms with Gasteiger partial charge in [-0.05, 0) is 31.5 Å². The minimum atomic E-state index is -0.741. The van der Waals surface area contributed by atoms with E-state index >= 15 is 0 Å². The predicted molar refractivity (Wildman–Crippen MR) is 67.0 cm³/mol. The number of urea groups is 1. The van der Waals surface area contributed by atoms with E-state index in [4.69, 9.17) is 17.3 Å². The average Bonchev–Trinajstić information content (AvgIpc) is 2.22. The molecule has 0 aliphatic heterocycles. The van der Waals surface area contributed by atoms with Crippen LogP contribution in [-0.2, 0) is 4.79 Å². The van der Waals surface area contributed by atoms with Crippen molar-refractivity contribution in [2.45, 2.75) is 19.9 Å². The Hall–Kier alpha value is -1.75. The molecule has 0 fully saturated rings. The lowest BCUT2D eigenvalue weighted by atomic mass is 10.2. The molecule has 1 rings (SSSR count). The summed E-state index contributed by atoms with van der Waals surface area (Å²) >= 11 is 5.92. The van der Waals surface area contributed by atoms with Gasteiger partial charge in [-0.15, -0.1) is 0 Å². The van der Waals surface area contributed by atoms with Gasteiger partial charge in [0.15, 0.2) is 0 Å². The van der Waals surface area contributed by atoms with Crippen molar-refractivity contribution in [1.29, 1.82) is 0 Å². The van der Waals surface area contributed by atoms with E-state index in [9.17, 15) is 9.59 Å². The minimum absolute atomic E-state index is 0.358. The summed E-state index contributed by atoms with van der Waals surface area (Å²) in [5.41, 5.74) is 6.41. The lowest BCUT2D eigenvalue weighted by Crippen LogP contribution is -2.44. The Morgan fingerprint density at radius 2 is 2.06 bits per heavy atom. The largest absolute Gasteiger partial charge is 0.352 e. The number of hydrogen-bond acceptors (Lipinski definition) is 2. The highest BCUT2D eigenvalue weighted by molar-refractivity contribution is 6.31. The molecule has 0 saturated carbocycles. The second kappa shape index (κ2) is 5.54. The van der Waals surface area contributed by atoms with Crippen LogP contribution in [0.3, 0.4) is 0 Å². The number of nitrogens with one attached hydrogen (secondary N) is 2. The summed E-state index contributed by atoms with van der Waals surface area (Å²) in [5.74, 6) is -0.358. The first-order valence-corrected chi connectivity index (χ1v) is 5.41. The molecule has 6 heteroatoms. The molecule has 92 valence electrons. The minimum Gasteiger partial charge on any atom is -0.352 e. The average molecular weight is 256 g/mol. The molecule has 0 heterocycles. The Bertz CT molecular complexity index is 448. The highest BCUT2D eigenvalue weighted by Gasteiger charge is 2.14. The number of halogens is 1. The highest BCUT2D eigenvalue weighted by Crippen LogP contribution is 2.19. The fraction of sp³-hybridized carbons (Fsp3) is 0.273. The van der Waals surface area contributed by atoms with Crippen molar-refractivity contribution in [3.05, 3.63) is 28.8 Å². The SMILES string of the molecule is Cc1ccc(NC(=O)C(C)NC(N)=O)cc1Cl. The highest BCUT2D eigenvalue weighted by atomic mass is 35.5. The molecule has 4 N–H and O–H groups in total. The van der Waals surface area contributed by atoms with E-state index in [2.05, 4.69) is 10.6 Å². The van der Waals surface area contributed by atoms with Gasteiger partial charge in [-0.3, -0.25) is 4.79 Å². The summed E-state index contributed by atoms with van der Waals surface area (Å²) in [5, 5.41) is 5.47. The molecule has 0 spiro atoms. The number of anilines is 1. The quantitative estimate of drug-likeness (QED) is 0.767. The number of nitrogens with two attached hydrogens (primary N) is 1. The molecule has 0 bridgehead atoms. The van der Waals surface area contributed by atoms with Crippen LogP contribution in [0.4, 0.5) is 10.5 Å². The number of rotatable bonds is 3. The van der Waals surface area contributed by atoms with Crippen LogP contribution in [0.2, 0.25) is 5.02 Å². The molecule has 0 radical (unpaired) electrons. The second-order valence-electron chi connectivity index (χ2n) is 3.68. The van der Waals surface area contributed by atoms with Crippen molar-refractivity contribution >= 4 is 29.2 Å². The van der Waals surface area contributed by atoms with Gasteiger partial charge in [-0.2, -0.15) is 0 Å². The molecule has 17 heavy (non-hydrogen) atoms. The summed E-state index contributed by atoms with van der Waals surface area (Å²) < 4.78 is 0. The molecular formula is C11H14ClN3O2. The van der Waals surface area contributed by atoms with Crippen molar-refractivity contribution in [2.75, 3.05) is 5.32 Å². The van der Waals surface area contributed by atoms with Crippen molar-refractivity contribution in [3.8, 4) is 0 Å². The van der Waals surface area contributed by atoms with Crippen molar-refractivity contribution in [1.82, 2.24) is 5.32 Å². The predicted octanol–water partition coefficient (Wildman–Crippen LogP) is 1.64. The Labute approximate surface area is 104 Å². The molecule has 0 aliphatic carbocycles. The van der Waals surface area contributed by atoms with E-state index in [1.807, 2.05) is 6.92 Å². The topological polar surface area (TPSA) is 84.2 Å². The van der Waals surface area contributed by atoms with Crippen LogP contribution in [0.1, 0.15) is 12.5 Å². The number of hydrogen-bond donors (Lipinski definition) is 3. The van der Waals surface area contributed by atoms with Crippen LogP contribution in [-0.4, -0.2) is 18.0 Å². The summed E-state index contributed by atoms with van der Waals surface area (Å²) in [4.78, 5) is 22.2. The zero-order chi connectivity index (χ0) is 13.0. The molecule has 0 aromatic heterocycles. The Kier molecular flexibility index (Phi) is 4.34. The van der Waals surface area contributed by atoms with Crippen molar-refractivity contribution in [2.24, 2.45) is 5.73 Å². The van der Waals surface area contributed by atoms with Gasteiger partial charge >= 0.3 is 6.03 Å². The monoisotopic (exact) mass is 255 g/mol. The van der Waals surface area contributed by atoms with Gasteiger partial charge in [0.25, 0.3) is 0 Å². The van der Waals surface area contributed by atoms with Crippen LogP contribution in [0.25, 0.3) is 0 Å². The molecule has 1 unspecified atom stereocenters. The maximum atomic E-state index is 11.6. The van der Waals surface area contributed by atoms with Gasteiger partial charge in [-0.25, -0.2) is 4.79 Å². The fourth-order valence-corrected chi connectivity index (χ4v) is 1.38. The smallest absolute Gasteiger partial charge is 0.312 e. The molecule has 1 atom stereocenters. The first kappa shape index (κ1) is 13.3. The number of amides is 3. The second-order valence-corrected chi connectivity index (χ2v) is 4.09. The molecule has 3 amide bonds. The van der Waals surface area contributed by atoms with E-state index in [0.29, 0.717) is 10.7 Å². The van der Waals surface area contributed by atoms with Crippen molar-refractivity contribution in [3.63, 3.8) is 0 Å². The van der Waals surface area contributed by atoms with Crippen molar-refractivity contribution < 1.29 is 9.59 Å². The summed E-state index contributed by atoms with van der Waals surface area (Å²) in [7, 11) is 0. The number of benzene rings is 1. The third-order valence-corrected chi connectivity index (χ3v) is 2.60. The molecule has 0 saturated heterocycles. The Morgan fingerprint density at radius 1 is 1.41 bits per heavy atom. The Morgan fingerprint density at radius 3 is 2.59 bits per heavy atom. The summed E-state index contributed by atoms with van der Waals surface area (Å²) in [6, 6.07) is 3.73. The third-order valence-electron chi connectivity index (χ3n) is 2.19. The van der Waals surface area contributed by atoms with Crippen LogP contribution in [0.15, 0.2) is 18.2 Å². The number of aryl methyl sites for hydroxylation is 1. The fourth-order valence-electron chi connectivity index (χ4n) is 1.20. The zero-order valence-corrected chi connectivity index (χ0v) is 10.3. The lowest BCUT2D eigenvalue weighted by Gasteiger charge is -2.13. The normalized spacial score (nSPS) is 11.7. The van der Waals surface area contributed by atoms with Crippen LogP contribution < -0.4 is 16.4 Å². The first-order valence-electron chi connectivity index (χ1n) is 5.03.